The van der Waals surface area contributed by atoms with Crippen LogP contribution in [-0.4, -0.2) is 54.4 Å². The molecule has 1 aliphatic rings. The molecule has 25 heavy (non-hydrogen) atoms. The van der Waals surface area contributed by atoms with E-state index >= 15 is 0 Å². The lowest BCUT2D eigenvalue weighted by Gasteiger charge is -2.35. The Morgan fingerprint density at radius 2 is 1.64 bits per heavy atom. The molecule has 0 spiro atoms. The fourth-order valence-corrected chi connectivity index (χ4v) is 2.78. The molecule has 138 valence electrons. The van der Waals surface area contributed by atoms with E-state index < -0.39 is 0 Å². The summed E-state index contributed by atoms with van der Waals surface area (Å²) in [5, 5.41) is 0. The van der Waals surface area contributed by atoms with E-state index in [1.165, 1.54) is 0 Å². The lowest BCUT2D eigenvalue weighted by molar-refractivity contribution is -0.132. The zero-order valence-corrected chi connectivity index (χ0v) is 15.7. The molecule has 1 fully saturated rings. The van der Waals surface area contributed by atoms with Crippen molar-refractivity contribution in [1.82, 2.24) is 9.80 Å². The number of benzene rings is 1. The molecule has 1 aliphatic heterocycles. The Labute approximate surface area is 150 Å². The van der Waals surface area contributed by atoms with Gasteiger partial charge in [-0.2, -0.15) is 0 Å². The lowest BCUT2D eigenvalue weighted by atomic mass is 10.1. The van der Waals surface area contributed by atoms with Gasteiger partial charge in [-0.3, -0.25) is 9.59 Å². The van der Waals surface area contributed by atoms with Gasteiger partial charge in [-0.15, -0.1) is 0 Å². The second-order valence-corrected chi connectivity index (χ2v) is 7.01. The van der Waals surface area contributed by atoms with E-state index in [0.717, 1.165) is 18.6 Å². The van der Waals surface area contributed by atoms with Crippen LogP contribution in [0.5, 0.6) is 5.75 Å². The lowest BCUT2D eigenvalue weighted by Crippen LogP contribution is -2.50. The summed E-state index contributed by atoms with van der Waals surface area (Å²) in [5.74, 6) is 1.49. The van der Waals surface area contributed by atoms with E-state index in [1.54, 1.807) is 0 Å². The van der Waals surface area contributed by atoms with Crippen molar-refractivity contribution in [2.45, 2.75) is 40.0 Å². The predicted molar refractivity (Wildman–Crippen MR) is 98.8 cm³/mol. The first kappa shape index (κ1) is 19.3. The average Bonchev–Trinajstić information content (AvgIpc) is 2.64. The number of hydrogen-bond donors (Lipinski definition) is 0. The first-order valence-electron chi connectivity index (χ1n) is 9.31. The van der Waals surface area contributed by atoms with Gasteiger partial charge < -0.3 is 14.5 Å². The summed E-state index contributed by atoms with van der Waals surface area (Å²) in [6, 6.07) is 7.33. The number of amides is 2. The molecule has 0 atom stereocenters. The molecule has 5 heteroatoms. The summed E-state index contributed by atoms with van der Waals surface area (Å²) in [5.41, 5.74) is 0.669. The van der Waals surface area contributed by atoms with Crippen molar-refractivity contribution in [2.24, 2.45) is 5.92 Å². The molecule has 0 aromatic heterocycles. The molecule has 1 saturated heterocycles. The van der Waals surface area contributed by atoms with E-state index in [1.807, 2.05) is 34.1 Å². The fourth-order valence-electron chi connectivity index (χ4n) is 2.78. The third kappa shape index (κ3) is 5.76. The highest BCUT2D eigenvalue weighted by molar-refractivity contribution is 5.94. The molecular formula is C20H30N2O3. The largest absolute Gasteiger partial charge is 0.493 e. The maximum absolute atomic E-state index is 12.6. The third-order valence-corrected chi connectivity index (χ3v) is 4.35. The van der Waals surface area contributed by atoms with Gasteiger partial charge in [0.1, 0.15) is 5.75 Å². The van der Waals surface area contributed by atoms with Gasteiger partial charge in [0.05, 0.1) is 6.61 Å². The Morgan fingerprint density at radius 1 is 1.04 bits per heavy atom. The van der Waals surface area contributed by atoms with Crippen LogP contribution >= 0.6 is 0 Å². The molecule has 0 bridgehead atoms. The molecule has 1 aromatic rings. The predicted octanol–water partition coefficient (Wildman–Crippen LogP) is 3.20. The quantitative estimate of drug-likeness (QED) is 0.762. The van der Waals surface area contributed by atoms with Gasteiger partial charge in [-0.05, 0) is 36.6 Å². The number of carbonyl (C=O) groups is 2. The maximum atomic E-state index is 12.6. The second-order valence-electron chi connectivity index (χ2n) is 7.01. The zero-order chi connectivity index (χ0) is 18.2. The van der Waals surface area contributed by atoms with Crippen LogP contribution in [0.3, 0.4) is 0 Å². The van der Waals surface area contributed by atoms with Crippen LogP contribution in [0.1, 0.15) is 50.4 Å². The van der Waals surface area contributed by atoms with Gasteiger partial charge in [-0.1, -0.05) is 27.2 Å². The molecule has 0 N–H and O–H groups in total. The van der Waals surface area contributed by atoms with E-state index in [9.17, 15) is 9.59 Å². The Kier molecular flexibility index (Phi) is 7.29. The van der Waals surface area contributed by atoms with Crippen LogP contribution in [-0.2, 0) is 4.79 Å². The number of nitrogens with zero attached hydrogens (tertiary/aromatic N) is 2. The molecule has 0 aliphatic carbocycles. The standard InChI is InChI=1S/C20H30N2O3/c1-4-5-6-19(23)21-11-13-22(14-12-21)20(24)17-7-9-18(10-8-17)25-15-16(2)3/h7-10,16H,4-6,11-15H2,1-3H3. The molecule has 2 amide bonds. The minimum Gasteiger partial charge on any atom is -0.493 e. The highest BCUT2D eigenvalue weighted by atomic mass is 16.5. The molecule has 0 saturated carbocycles. The van der Waals surface area contributed by atoms with Crippen molar-refractivity contribution < 1.29 is 14.3 Å². The van der Waals surface area contributed by atoms with Gasteiger partial charge in [0, 0.05) is 38.2 Å². The van der Waals surface area contributed by atoms with Crippen molar-refractivity contribution >= 4 is 11.8 Å². The third-order valence-electron chi connectivity index (χ3n) is 4.35. The van der Waals surface area contributed by atoms with Gasteiger partial charge in [-0.25, -0.2) is 0 Å². The minimum absolute atomic E-state index is 0.0241. The van der Waals surface area contributed by atoms with Crippen LogP contribution in [0.4, 0.5) is 0 Å². The van der Waals surface area contributed by atoms with Crippen molar-refractivity contribution in [3.63, 3.8) is 0 Å². The number of piperazine rings is 1. The first-order chi connectivity index (χ1) is 12.0. The maximum Gasteiger partial charge on any atom is 0.253 e. The second kappa shape index (κ2) is 9.44. The zero-order valence-electron chi connectivity index (χ0n) is 15.7. The summed E-state index contributed by atoms with van der Waals surface area (Å²) in [6.07, 6.45) is 2.58. The van der Waals surface area contributed by atoms with Gasteiger partial charge in [0.2, 0.25) is 5.91 Å². The number of unbranched alkanes of at least 4 members (excludes halogenated alkanes) is 1. The first-order valence-corrected chi connectivity index (χ1v) is 9.31. The van der Waals surface area contributed by atoms with Gasteiger partial charge in [0.15, 0.2) is 0 Å². The van der Waals surface area contributed by atoms with E-state index in [-0.39, 0.29) is 11.8 Å². The molecule has 1 aromatic carbocycles. The monoisotopic (exact) mass is 346 g/mol. The highest BCUT2D eigenvalue weighted by Gasteiger charge is 2.24. The molecule has 5 nitrogen and oxygen atoms in total. The van der Waals surface area contributed by atoms with Crippen LogP contribution in [0, 0.1) is 5.92 Å². The average molecular weight is 346 g/mol. The number of rotatable bonds is 7. The number of ether oxygens (including phenoxy) is 1. The van der Waals surface area contributed by atoms with E-state index in [2.05, 4.69) is 20.8 Å². The molecule has 0 unspecified atom stereocenters. The van der Waals surface area contributed by atoms with Crippen LogP contribution in [0.2, 0.25) is 0 Å². The summed E-state index contributed by atoms with van der Waals surface area (Å²) in [6.45, 7) is 9.41. The van der Waals surface area contributed by atoms with Crippen LogP contribution in [0.15, 0.2) is 24.3 Å². The summed E-state index contributed by atoms with van der Waals surface area (Å²) < 4.78 is 5.65. The number of carbonyl (C=O) groups excluding carboxylic acids is 2. The van der Waals surface area contributed by atoms with Crippen LogP contribution in [0.25, 0.3) is 0 Å². The minimum atomic E-state index is 0.0241. The topological polar surface area (TPSA) is 49.9 Å². The van der Waals surface area contributed by atoms with Crippen molar-refractivity contribution in [3.8, 4) is 5.75 Å². The summed E-state index contributed by atoms with van der Waals surface area (Å²) in [7, 11) is 0. The van der Waals surface area contributed by atoms with Gasteiger partial charge in [0.25, 0.3) is 5.91 Å². The van der Waals surface area contributed by atoms with Crippen LogP contribution < -0.4 is 4.74 Å². The Balaban J connectivity index is 1.84. The SMILES string of the molecule is CCCCC(=O)N1CCN(C(=O)c2ccc(OCC(C)C)cc2)CC1. The molecule has 0 radical (unpaired) electrons. The van der Waals surface area contributed by atoms with Gasteiger partial charge >= 0.3 is 0 Å². The van der Waals surface area contributed by atoms with E-state index in [0.29, 0.717) is 50.7 Å². The Hall–Kier alpha value is -2.04. The normalized spacial score (nSPS) is 14.7. The highest BCUT2D eigenvalue weighted by Crippen LogP contribution is 2.16. The Bertz CT molecular complexity index is 561. The fraction of sp³-hybridized carbons (Fsp3) is 0.600. The van der Waals surface area contributed by atoms with Crippen molar-refractivity contribution in [1.29, 1.82) is 0 Å². The van der Waals surface area contributed by atoms with Crippen molar-refractivity contribution in [3.05, 3.63) is 29.8 Å². The summed E-state index contributed by atoms with van der Waals surface area (Å²) >= 11 is 0. The molecular weight excluding hydrogens is 316 g/mol. The smallest absolute Gasteiger partial charge is 0.253 e. The molecule has 1 heterocycles. The van der Waals surface area contributed by atoms with E-state index in [4.69, 9.17) is 4.74 Å². The molecule has 2 rings (SSSR count). The van der Waals surface area contributed by atoms with Crippen molar-refractivity contribution in [2.75, 3.05) is 32.8 Å². The Morgan fingerprint density at radius 3 is 2.20 bits per heavy atom. The number of hydrogen-bond acceptors (Lipinski definition) is 3. The summed E-state index contributed by atoms with van der Waals surface area (Å²) in [4.78, 5) is 28.4.